The molecule has 1 aliphatic rings. The molecular weight excluding hydrogens is 306 g/mol. The molecule has 0 bridgehead atoms. The molecule has 2 amide bonds. The molecule has 1 saturated heterocycles. The molecule has 1 fully saturated rings. The molecule has 22 heavy (non-hydrogen) atoms. The largest absolute Gasteiger partial charge is 0.497 e. The van der Waals surface area contributed by atoms with E-state index >= 15 is 0 Å². The molecule has 1 atom stereocenters. The summed E-state index contributed by atoms with van der Waals surface area (Å²) in [6, 6.07) is 6.95. The van der Waals surface area contributed by atoms with Gasteiger partial charge in [0, 0.05) is 25.2 Å². The van der Waals surface area contributed by atoms with Gasteiger partial charge in [-0.15, -0.1) is 12.4 Å². The van der Waals surface area contributed by atoms with Crippen LogP contribution < -0.4 is 20.7 Å². The Morgan fingerprint density at radius 2 is 2.09 bits per heavy atom. The van der Waals surface area contributed by atoms with Gasteiger partial charge in [0.2, 0.25) is 5.91 Å². The highest BCUT2D eigenvalue weighted by Gasteiger charge is 2.21. The molecule has 6 nitrogen and oxygen atoms in total. The first-order valence-corrected chi connectivity index (χ1v) is 7.11. The number of ether oxygens (including phenoxy) is 1. The summed E-state index contributed by atoms with van der Waals surface area (Å²) in [5.74, 6) is 0.574. The second kappa shape index (κ2) is 9.27. The summed E-state index contributed by atoms with van der Waals surface area (Å²) in [7, 11) is 1.56. The lowest BCUT2D eigenvalue weighted by Crippen LogP contribution is -2.38. The monoisotopic (exact) mass is 327 g/mol. The van der Waals surface area contributed by atoms with E-state index in [4.69, 9.17) is 4.74 Å². The van der Waals surface area contributed by atoms with Gasteiger partial charge in [-0.1, -0.05) is 6.07 Å². The Morgan fingerprint density at radius 3 is 2.77 bits per heavy atom. The maximum Gasteiger partial charge on any atom is 0.251 e. The number of halogens is 1. The highest BCUT2D eigenvalue weighted by atomic mass is 35.5. The summed E-state index contributed by atoms with van der Waals surface area (Å²) in [4.78, 5) is 23.7. The van der Waals surface area contributed by atoms with E-state index in [2.05, 4.69) is 16.0 Å². The topological polar surface area (TPSA) is 79.5 Å². The number of amides is 2. The fourth-order valence-electron chi connectivity index (χ4n) is 2.25. The molecule has 0 aliphatic carbocycles. The third-order valence-electron chi connectivity index (χ3n) is 3.47. The van der Waals surface area contributed by atoms with Crippen molar-refractivity contribution < 1.29 is 14.3 Å². The molecule has 1 unspecified atom stereocenters. The minimum absolute atomic E-state index is 0. The highest BCUT2D eigenvalue weighted by Crippen LogP contribution is 2.12. The van der Waals surface area contributed by atoms with Crippen LogP contribution in [0.3, 0.4) is 0 Å². The van der Waals surface area contributed by atoms with Gasteiger partial charge < -0.3 is 20.7 Å². The molecule has 7 heteroatoms. The number of methoxy groups -OCH3 is 1. The van der Waals surface area contributed by atoms with Crippen molar-refractivity contribution in [1.29, 1.82) is 0 Å². The van der Waals surface area contributed by atoms with Crippen LogP contribution in [0.15, 0.2) is 24.3 Å². The normalized spacial score (nSPS) is 16.5. The highest BCUT2D eigenvalue weighted by molar-refractivity contribution is 5.94. The number of carbonyl (C=O) groups is 2. The van der Waals surface area contributed by atoms with Crippen molar-refractivity contribution in [2.45, 2.75) is 6.42 Å². The first-order valence-electron chi connectivity index (χ1n) is 7.11. The van der Waals surface area contributed by atoms with Gasteiger partial charge in [0.25, 0.3) is 5.91 Å². The summed E-state index contributed by atoms with van der Waals surface area (Å²) in [6.07, 6.45) is 0.877. The maximum absolute atomic E-state index is 11.9. The lowest BCUT2D eigenvalue weighted by Gasteiger charge is -2.10. The SMILES string of the molecule is COc1cccc(C(=O)NCCNC(=O)C2CCNC2)c1.Cl. The Morgan fingerprint density at radius 1 is 1.32 bits per heavy atom. The number of carbonyl (C=O) groups excluding carboxylic acids is 2. The molecule has 0 spiro atoms. The van der Waals surface area contributed by atoms with Crippen LogP contribution in [0.5, 0.6) is 5.75 Å². The summed E-state index contributed by atoms with van der Waals surface area (Å²) in [5.41, 5.74) is 0.542. The first kappa shape index (κ1) is 18.3. The summed E-state index contributed by atoms with van der Waals surface area (Å²) >= 11 is 0. The molecule has 2 rings (SSSR count). The molecule has 3 N–H and O–H groups in total. The van der Waals surface area contributed by atoms with E-state index in [0.29, 0.717) is 24.4 Å². The Bertz CT molecular complexity index is 505. The average molecular weight is 328 g/mol. The van der Waals surface area contributed by atoms with E-state index in [1.54, 1.807) is 31.4 Å². The number of rotatable bonds is 6. The minimum atomic E-state index is -0.175. The molecule has 0 saturated carbocycles. The minimum Gasteiger partial charge on any atom is -0.497 e. The number of nitrogens with one attached hydrogen (secondary N) is 3. The molecule has 0 radical (unpaired) electrons. The third kappa shape index (κ3) is 5.20. The summed E-state index contributed by atoms with van der Waals surface area (Å²) < 4.78 is 5.08. The van der Waals surface area contributed by atoms with Crippen molar-refractivity contribution in [2.75, 3.05) is 33.3 Å². The predicted octanol–water partition coefficient (Wildman–Crippen LogP) is 0.573. The first-order chi connectivity index (χ1) is 10.2. The quantitative estimate of drug-likeness (QED) is 0.668. The van der Waals surface area contributed by atoms with Crippen molar-refractivity contribution in [3.8, 4) is 5.75 Å². The standard InChI is InChI=1S/C15H21N3O3.ClH/c1-21-13-4-2-3-11(9-13)14(19)17-7-8-18-15(20)12-5-6-16-10-12;/h2-4,9,12,16H,5-8,10H2,1H3,(H,17,19)(H,18,20);1H. The van der Waals surface area contributed by atoms with Gasteiger partial charge in [0.05, 0.1) is 13.0 Å². The van der Waals surface area contributed by atoms with E-state index in [9.17, 15) is 9.59 Å². The maximum atomic E-state index is 11.9. The smallest absolute Gasteiger partial charge is 0.251 e. The second-order valence-corrected chi connectivity index (χ2v) is 4.97. The number of benzene rings is 1. The lowest BCUT2D eigenvalue weighted by molar-refractivity contribution is -0.124. The van der Waals surface area contributed by atoms with Crippen molar-refractivity contribution in [3.63, 3.8) is 0 Å². The van der Waals surface area contributed by atoms with Crippen LogP contribution in [0.1, 0.15) is 16.8 Å². The zero-order valence-corrected chi connectivity index (χ0v) is 13.4. The van der Waals surface area contributed by atoms with Crippen LogP contribution in [0, 0.1) is 5.92 Å². The molecule has 1 aliphatic heterocycles. The molecule has 1 aromatic carbocycles. The van der Waals surface area contributed by atoms with Gasteiger partial charge in [-0.3, -0.25) is 9.59 Å². The van der Waals surface area contributed by atoms with Gasteiger partial charge in [-0.25, -0.2) is 0 Å². The van der Waals surface area contributed by atoms with Gasteiger partial charge in [0.15, 0.2) is 0 Å². The van der Waals surface area contributed by atoms with Crippen LogP contribution in [0.4, 0.5) is 0 Å². The molecular formula is C15H22ClN3O3. The molecule has 0 aromatic heterocycles. The Balaban J connectivity index is 0.00000242. The van der Waals surface area contributed by atoms with Crippen molar-refractivity contribution in [1.82, 2.24) is 16.0 Å². The fourth-order valence-corrected chi connectivity index (χ4v) is 2.25. The van der Waals surface area contributed by atoms with E-state index in [1.807, 2.05) is 0 Å². The van der Waals surface area contributed by atoms with Crippen molar-refractivity contribution >= 4 is 24.2 Å². The van der Waals surface area contributed by atoms with E-state index in [1.165, 1.54) is 0 Å². The number of hydrogen-bond donors (Lipinski definition) is 3. The predicted molar refractivity (Wildman–Crippen MR) is 86.6 cm³/mol. The summed E-state index contributed by atoms with van der Waals surface area (Å²) in [6.45, 7) is 2.47. The van der Waals surface area contributed by atoms with Gasteiger partial charge in [-0.2, -0.15) is 0 Å². The van der Waals surface area contributed by atoms with E-state index in [-0.39, 0.29) is 30.1 Å². The van der Waals surface area contributed by atoms with Crippen LogP contribution in [0.2, 0.25) is 0 Å². The van der Waals surface area contributed by atoms with Crippen LogP contribution in [-0.4, -0.2) is 45.1 Å². The summed E-state index contributed by atoms with van der Waals surface area (Å²) in [5, 5.41) is 8.76. The third-order valence-corrected chi connectivity index (χ3v) is 3.47. The van der Waals surface area contributed by atoms with Crippen LogP contribution in [0.25, 0.3) is 0 Å². The average Bonchev–Trinajstić information content (AvgIpc) is 3.05. The Labute approximate surface area is 136 Å². The van der Waals surface area contributed by atoms with Crippen LogP contribution >= 0.6 is 12.4 Å². The van der Waals surface area contributed by atoms with E-state index < -0.39 is 0 Å². The fraction of sp³-hybridized carbons (Fsp3) is 0.467. The molecule has 122 valence electrons. The molecule has 1 aromatic rings. The van der Waals surface area contributed by atoms with Gasteiger partial charge in [0.1, 0.15) is 5.75 Å². The Hall–Kier alpha value is -1.79. The molecule has 1 heterocycles. The zero-order chi connectivity index (χ0) is 15.1. The van der Waals surface area contributed by atoms with Gasteiger partial charge >= 0.3 is 0 Å². The number of hydrogen-bond acceptors (Lipinski definition) is 4. The zero-order valence-electron chi connectivity index (χ0n) is 12.6. The lowest BCUT2D eigenvalue weighted by atomic mass is 10.1. The van der Waals surface area contributed by atoms with Crippen molar-refractivity contribution in [2.24, 2.45) is 5.92 Å². The van der Waals surface area contributed by atoms with Crippen molar-refractivity contribution in [3.05, 3.63) is 29.8 Å². The van der Waals surface area contributed by atoms with Gasteiger partial charge in [-0.05, 0) is 31.2 Å². The van der Waals surface area contributed by atoms with E-state index in [0.717, 1.165) is 19.5 Å². The Kier molecular flexibility index (Phi) is 7.70. The second-order valence-electron chi connectivity index (χ2n) is 4.97. The van der Waals surface area contributed by atoms with Crippen LogP contribution in [-0.2, 0) is 4.79 Å².